The van der Waals surface area contributed by atoms with E-state index < -0.39 is 9.84 Å². The Balaban J connectivity index is 1.61. The van der Waals surface area contributed by atoms with Crippen LogP contribution in [0, 0.1) is 0 Å². The maximum Gasteiger partial charge on any atom is 0.319 e. The Bertz CT molecular complexity index is 842. The summed E-state index contributed by atoms with van der Waals surface area (Å²) in [6.07, 6.45) is 3.43. The summed E-state index contributed by atoms with van der Waals surface area (Å²) in [5.41, 5.74) is 1.58. The number of benzene rings is 2. The molecule has 26 heavy (non-hydrogen) atoms. The number of nitrogens with one attached hydrogen (secondary N) is 2. The highest BCUT2D eigenvalue weighted by Gasteiger charge is 2.30. The number of sulfone groups is 1. The average Bonchev–Trinajstić information content (AvgIpc) is 3.18. The zero-order valence-electron chi connectivity index (χ0n) is 14.8. The van der Waals surface area contributed by atoms with E-state index in [1.807, 2.05) is 37.3 Å². The van der Waals surface area contributed by atoms with Gasteiger partial charge in [0.25, 0.3) is 0 Å². The Morgan fingerprint density at radius 3 is 2.23 bits per heavy atom. The summed E-state index contributed by atoms with van der Waals surface area (Å²) in [6, 6.07) is 15.6. The highest BCUT2D eigenvalue weighted by Crippen LogP contribution is 2.30. The van der Waals surface area contributed by atoms with Gasteiger partial charge in [0.05, 0.1) is 16.2 Å². The third-order valence-corrected chi connectivity index (χ3v) is 7.11. The smallest absolute Gasteiger partial charge is 0.319 e. The number of carbonyl (C=O) groups excluding carboxylic acids is 1. The first-order valence-electron chi connectivity index (χ1n) is 8.93. The van der Waals surface area contributed by atoms with Crippen LogP contribution in [0.2, 0.25) is 0 Å². The molecule has 0 saturated heterocycles. The molecule has 2 aromatic carbocycles. The quantitative estimate of drug-likeness (QED) is 0.822. The molecule has 0 aromatic heterocycles. The molecule has 1 saturated carbocycles. The molecule has 138 valence electrons. The lowest BCUT2D eigenvalue weighted by Crippen LogP contribution is -2.31. The van der Waals surface area contributed by atoms with Crippen molar-refractivity contribution in [1.29, 1.82) is 0 Å². The summed E-state index contributed by atoms with van der Waals surface area (Å²) in [4.78, 5) is 12.5. The van der Waals surface area contributed by atoms with Gasteiger partial charge in [-0.25, -0.2) is 13.2 Å². The van der Waals surface area contributed by atoms with Crippen LogP contribution >= 0.6 is 0 Å². The van der Waals surface area contributed by atoms with Gasteiger partial charge in [-0.2, -0.15) is 0 Å². The number of rotatable bonds is 5. The second-order valence-corrected chi connectivity index (χ2v) is 8.93. The number of hydrogen-bond donors (Lipinski definition) is 2. The summed E-state index contributed by atoms with van der Waals surface area (Å²) in [5, 5.41) is 5.34. The van der Waals surface area contributed by atoms with Crippen LogP contribution < -0.4 is 10.6 Å². The lowest BCUT2D eigenvalue weighted by atomic mass is 10.1. The topological polar surface area (TPSA) is 75.3 Å². The van der Waals surface area contributed by atoms with Gasteiger partial charge in [-0.15, -0.1) is 0 Å². The number of carbonyl (C=O) groups is 1. The molecule has 6 heteroatoms. The fraction of sp³-hybridized carbons (Fsp3) is 0.350. The van der Waals surface area contributed by atoms with Crippen molar-refractivity contribution in [2.75, 3.05) is 5.32 Å². The van der Waals surface area contributed by atoms with E-state index >= 15 is 0 Å². The summed E-state index contributed by atoms with van der Waals surface area (Å²) < 4.78 is 25.1. The Kier molecular flexibility index (Phi) is 5.61. The predicted octanol–water partition coefficient (Wildman–Crippen LogP) is 4.29. The normalized spacial score (nSPS) is 16.2. The molecule has 1 aliphatic rings. The van der Waals surface area contributed by atoms with E-state index in [0.29, 0.717) is 10.6 Å². The van der Waals surface area contributed by atoms with Crippen LogP contribution in [0.15, 0.2) is 59.5 Å². The highest BCUT2D eigenvalue weighted by atomic mass is 32.2. The third kappa shape index (κ3) is 4.25. The van der Waals surface area contributed by atoms with Crippen molar-refractivity contribution < 1.29 is 13.2 Å². The van der Waals surface area contributed by atoms with Crippen LogP contribution in [0.3, 0.4) is 0 Å². The van der Waals surface area contributed by atoms with Crippen molar-refractivity contribution in [2.24, 2.45) is 0 Å². The number of anilines is 1. The second kappa shape index (κ2) is 7.91. The molecule has 5 nitrogen and oxygen atoms in total. The van der Waals surface area contributed by atoms with Gasteiger partial charge in [0.2, 0.25) is 0 Å². The van der Waals surface area contributed by atoms with Crippen LogP contribution in [0.4, 0.5) is 10.5 Å². The first-order chi connectivity index (χ1) is 12.5. The first kappa shape index (κ1) is 18.5. The molecule has 0 aliphatic heterocycles. The molecule has 1 atom stereocenters. The number of amides is 2. The molecule has 1 unspecified atom stereocenters. The molecule has 2 aromatic rings. The summed E-state index contributed by atoms with van der Waals surface area (Å²) in [7, 11) is -3.27. The number of hydrogen-bond acceptors (Lipinski definition) is 3. The van der Waals surface area contributed by atoms with E-state index in [2.05, 4.69) is 10.6 Å². The van der Waals surface area contributed by atoms with E-state index in [4.69, 9.17) is 0 Å². The predicted molar refractivity (Wildman–Crippen MR) is 103 cm³/mol. The summed E-state index contributed by atoms with van der Waals surface area (Å²) in [5.74, 6) is 0. The Hall–Kier alpha value is -2.34. The molecule has 3 rings (SSSR count). The van der Waals surface area contributed by atoms with Gasteiger partial charge in [0.1, 0.15) is 0 Å². The van der Waals surface area contributed by atoms with Crippen molar-refractivity contribution in [2.45, 2.75) is 48.8 Å². The van der Waals surface area contributed by atoms with E-state index in [9.17, 15) is 13.2 Å². The minimum absolute atomic E-state index is 0.127. The minimum atomic E-state index is -3.27. The lowest BCUT2D eigenvalue weighted by molar-refractivity contribution is 0.249. The largest absolute Gasteiger partial charge is 0.331 e. The molecule has 1 fully saturated rings. The van der Waals surface area contributed by atoms with E-state index in [1.165, 1.54) is 0 Å². The maximum atomic E-state index is 12.6. The molecular formula is C20H24N2O3S. The summed E-state index contributed by atoms with van der Waals surface area (Å²) in [6.45, 7) is 1.91. The SMILES string of the molecule is CC(NC(=O)Nc1ccc(S(=O)(=O)C2CCCC2)cc1)c1ccccc1. The Morgan fingerprint density at radius 2 is 1.62 bits per heavy atom. The van der Waals surface area contributed by atoms with Crippen molar-refractivity contribution in [3.05, 3.63) is 60.2 Å². The zero-order valence-corrected chi connectivity index (χ0v) is 15.6. The third-order valence-electron chi connectivity index (χ3n) is 4.83. The lowest BCUT2D eigenvalue weighted by Gasteiger charge is -2.15. The molecule has 0 radical (unpaired) electrons. The van der Waals surface area contributed by atoms with Crippen molar-refractivity contribution in [3.63, 3.8) is 0 Å². The van der Waals surface area contributed by atoms with Gasteiger partial charge in [0.15, 0.2) is 9.84 Å². The molecule has 0 bridgehead atoms. The van der Waals surface area contributed by atoms with E-state index in [1.54, 1.807) is 24.3 Å². The fourth-order valence-electron chi connectivity index (χ4n) is 3.31. The van der Waals surface area contributed by atoms with Crippen LogP contribution in [-0.2, 0) is 9.84 Å². The molecule has 0 spiro atoms. The van der Waals surface area contributed by atoms with Crippen molar-refractivity contribution in [3.8, 4) is 0 Å². The minimum Gasteiger partial charge on any atom is -0.331 e. The van der Waals surface area contributed by atoms with E-state index in [0.717, 1.165) is 31.2 Å². The second-order valence-electron chi connectivity index (χ2n) is 6.71. The van der Waals surface area contributed by atoms with Crippen LogP contribution in [0.25, 0.3) is 0 Å². The van der Waals surface area contributed by atoms with Crippen molar-refractivity contribution in [1.82, 2.24) is 5.32 Å². The molecular weight excluding hydrogens is 348 g/mol. The van der Waals surface area contributed by atoms with Crippen LogP contribution in [-0.4, -0.2) is 19.7 Å². The molecule has 2 amide bonds. The van der Waals surface area contributed by atoms with Gasteiger partial charge in [0, 0.05) is 5.69 Å². The van der Waals surface area contributed by atoms with Crippen LogP contribution in [0.5, 0.6) is 0 Å². The van der Waals surface area contributed by atoms with Gasteiger partial charge in [-0.1, -0.05) is 43.2 Å². The van der Waals surface area contributed by atoms with Gasteiger partial charge in [-0.3, -0.25) is 0 Å². The molecule has 0 heterocycles. The van der Waals surface area contributed by atoms with Gasteiger partial charge < -0.3 is 10.6 Å². The molecule has 1 aliphatic carbocycles. The molecule has 2 N–H and O–H groups in total. The zero-order chi connectivity index (χ0) is 18.6. The highest BCUT2D eigenvalue weighted by molar-refractivity contribution is 7.92. The summed E-state index contributed by atoms with van der Waals surface area (Å²) >= 11 is 0. The standard InChI is InChI=1S/C20H24N2O3S/c1-15(16-7-3-2-4-8-16)21-20(23)22-17-11-13-19(14-12-17)26(24,25)18-9-5-6-10-18/h2-4,7-8,11-15,18H,5-6,9-10H2,1H3,(H2,21,22,23). The number of urea groups is 1. The average molecular weight is 372 g/mol. The van der Waals surface area contributed by atoms with Gasteiger partial charge in [-0.05, 0) is 49.6 Å². The van der Waals surface area contributed by atoms with Gasteiger partial charge >= 0.3 is 6.03 Å². The fourth-order valence-corrected chi connectivity index (χ4v) is 5.16. The monoisotopic (exact) mass is 372 g/mol. The Morgan fingerprint density at radius 1 is 1.00 bits per heavy atom. The van der Waals surface area contributed by atoms with Crippen molar-refractivity contribution >= 4 is 21.6 Å². The van der Waals surface area contributed by atoms with Crippen LogP contribution in [0.1, 0.15) is 44.2 Å². The van der Waals surface area contributed by atoms with E-state index in [-0.39, 0.29) is 17.3 Å². The Labute approximate surface area is 154 Å². The maximum absolute atomic E-state index is 12.6. The first-order valence-corrected chi connectivity index (χ1v) is 10.5.